The quantitative estimate of drug-likeness (QED) is 0.657. The summed E-state index contributed by atoms with van der Waals surface area (Å²) in [5.74, 6) is -0.509. The molecule has 1 aliphatic heterocycles. The molecule has 0 spiro atoms. The Bertz CT molecular complexity index is 977. The summed E-state index contributed by atoms with van der Waals surface area (Å²) in [6.45, 7) is 3.33. The normalized spacial score (nSPS) is 18.3. The molecular weight excluding hydrogens is 406 g/mol. The molecule has 0 bridgehead atoms. The molecule has 7 nitrogen and oxygen atoms in total. The van der Waals surface area contributed by atoms with Crippen LogP contribution in [-0.4, -0.2) is 36.4 Å². The molecule has 0 aromatic heterocycles. The van der Waals surface area contributed by atoms with Crippen molar-refractivity contribution < 1.29 is 19.1 Å². The first kappa shape index (κ1) is 21.6. The van der Waals surface area contributed by atoms with Gasteiger partial charge < -0.3 is 15.4 Å². The van der Waals surface area contributed by atoms with E-state index in [0.717, 1.165) is 23.3 Å². The molecule has 2 N–H and O–H groups in total. The van der Waals surface area contributed by atoms with Crippen LogP contribution < -0.4 is 15.4 Å². The van der Waals surface area contributed by atoms with E-state index in [0.29, 0.717) is 22.0 Å². The molecule has 158 valence electrons. The van der Waals surface area contributed by atoms with Crippen molar-refractivity contribution in [2.24, 2.45) is 0 Å². The van der Waals surface area contributed by atoms with Crippen LogP contribution in [0.1, 0.15) is 31.4 Å². The molecule has 1 fully saturated rings. The number of hydrogen-bond acceptors (Lipinski definition) is 4. The number of aryl methyl sites for hydroxylation is 1. The maximum Gasteiger partial charge on any atom is 0.325 e. The Morgan fingerprint density at radius 1 is 1.20 bits per heavy atom. The van der Waals surface area contributed by atoms with Crippen LogP contribution in [0.2, 0.25) is 5.02 Å². The third-order valence-corrected chi connectivity index (χ3v) is 5.38. The Hall–Kier alpha value is -3.06. The van der Waals surface area contributed by atoms with Crippen molar-refractivity contribution in [3.8, 4) is 5.75 Å². The summed E-state index contributed by atoms with van der Waals surface area (Å²) >= 11 is 6.06. The zero-order chi connectivity index (χ0) is 21.9. The molecule has 0 radical (unpaired) electrons. The smallest absolute Gasteiger partial charge is 0.325 e. The van der Waals surface area contributed by atoms with Crippen LogP contribution in [0.15, 0.2) is 42.5 Å². The SMILES string of the molecule is CCCc1ccc(C2(C)NC(=O)N(CC(=O)Nc3ccc(OC)c(Cl)c3)C2=O)cc1. The van der Waals surface area contributed by atoms with Gasteiger partial charge >= 0.3 is 6.03 Å². The van der Waals surface area contributed by atoms with E-state index < -0.39 is 29.9 Å². The number of amides is 4. The lowest BCUT2D eigenvalue weighted by atomic mass is 9.91. The van der Waals surface area contributed by atoms with Gasteiger partial charge in [-0.25, -0.2) is 4.79 Å². The lowest BCUT2D eigenvalue weighted by molar-refractivity contribution is -0.133. The standard InChI is InChI=1S/C22H24ClN3O4/c1-4-5-14-6-8-15(9-7-14)22(2)20(28)26(21(29)25-22)13-19(27)24-16-10-11-18(30-3)17(23)12-16/h6-12H,4-5,13H2,1-3H3,(H,24,27)(H,25,29). The van der Waals surface area contributed by atoms with Crippen LogP contribution in [0, 0.1) is 0 Å². The average Bonchev–Trinajstić information content (AvgIpc) is 2.93. The van der Waals surface area contributed by atoms with Gasteiger partial charge in [0.25, 0.3) is 5.91 Å². The minimum Gasteiger partial charge on any atom is -0.495 e. The van der Waals surface area contributed by atoms with Gasteiger partial charge in [-0.05, 0) is 42.7 Å². The third kappa shape index (κ3) is 4.26. The summed E-state index contributed by atoms with van der Waals surface area (Å²) in [5, 5.41) is 5.69. The second-order valence-electron chi connectivity index (χ2n) is 7.29. The zero-order valence-corrected chi connectivity index (χ0v) is 17.9. The lowest BCUT2D eigenvalue weighted by Gasteiger charge is -2.22. The molecule has 2 aromatic carbocycles. The maximum atomic E-state index is 13.0. The minimum atomic E-state index is -1.22. The van der Waals surface area contributed by atoms with Crippen molar-refractivity contribution in [2.75, 3.05) is 19.0 Å². The molecular formula is C22H24ClN3O4. The van der Waals surface area contributed by atoms with Crippen LogP contribution >= 0.6 is 11.6 Å². The second kappa shape index (κ2) is 8.75. The monoisotopic (exact) mass is 429 g/mol. The number of carbonyl (C=O) groups is 3. The van der Waals surface area contributed by atoms with Crippen LogP contribution in [0.5, 0.6) is 5.75 Å². The van der Waals surface area contributed by atoms with Gasteiger partial charge in [0.05, 0.1) is 12.1 Å². The molecule has 1 atom stereocenters. The number of nitrogens with one attached hydrogen (secondary N) is 2. The fourth-order valence-electron chi connectivity index (χ4n) is 3.42. The first-order valence-corrected chi connectivity index (χ1v) is 10.0. The van der Waals surface area contributed by atoms with Gasteiger partial charge in [0.15, 0.2) is 0 Å². The number of benzene rings is 2. The van der Waals surface area contributed by atoms with Gasteiger partial charge in [-0.15, -0.1) is 0 Å². The predicted molar refractivity (Wildman–Crippen MR) is 115 cm³/mol. The van der Waals surface area contributed by atoms with Crippen LogP contribution in [0.4, 0.5) is 10.5 Å². The van der Waals surface area contributed by atoms with E-state index in [1.54, 1.807) is 19.1 Å². The fourth-order valence-corrected chi connectivity index (χ4v) is 3.68. The van der Waals surface area contributed by atoms with E-state index in [9.17, 15) is 14.4 Å². The van der Waals surface area contributed by atoms with Gasteiger partial charge in [-0.3, -0.25) is 14.5 Å². The number of carbonyl (C=O) groups excluding carboxylic acids is 3. The molecule has 1 heterocycles. The van der Waals surface area contributed by atoms with Crippen molar-refractivity contribution in [3.05, 3.63) is 58.6 Å². The average molecular weight is 430 g/mol. The Morgan fingerprint density at radius 3 is 2.50 bits per heavy atom. The summed E-state index contributed by atoms with van der Waals surface area (Å²) in [5.41, 5.74) is 1.06. The summed E-state index contributed by atoms with van der Waals surface area (Å²) < 4.78 is 5.08. The number of methoxy groups -OCH3 is 1. The van der Waals surface area contributed by atoms with E-state index in [-0.39, 0.29) is 0 Å². The highest BCUT2D eigenvalue weighted by atomic mass is 35.5. The molecule has 1 aliphatic rings. The van der Waals surface area contributed by atoms with Crippen LogP contribution in [-0.2, 0) is 21.5 Å². The molecule has 1 unspecified atom stereocenters. The van der Waals surface area contributed by atoms with E-state index >= 15 is 0 Å². The number of rotatable bonds is 7. The number of imide groups is 1. The van der Waals surface area contributed by atoms with Crippen molar-refractivity contribution in [1.29, 1.82) is 0 Å². The molecule has 3 rings (SSSR count). The third-order valence-electron chi connectivity index (χ3n) is 5.08. The fraction of sp³-hybridized carbons (Fsp3) is 0.318. The van der Waals surface area contributed by atoms with Crippen LogP contribution in [0.25, 0.3) is 0 Å². The highest BCUT2D eigenvalue weighted by Crippen LogP contribution is 2.30. The Labute approximate surface area is 180 Å². The molecule has 4 amide bonds. The van der Waals surface area contributed by atoms with Crippen LogP contribution in [0.3, 0.4) is 0 Å². The number of halogens is 1. The largest absolute Gasteiger partial charge is 0.495 e. The van der Waals surface area contributed by atoms with Gasteiger partial charge in [-0.2, -0.15) is 0 Å². The molecule has 30 heavy (non-hydrogen) atoms. The predicted octanol–water partition coefficient (Wildman–Crippen LogP) is 3.71. The summed E-state index contributed by atoms with van der Waals surface area (Å²) in [6.07, 6.45) is 1.97. The summed E-state index contributed by atoms with van der Waals surface area (Å²) in [6, 6.07) is 11.7. The highest BCUT2D eigenvalue weighted by molar-refractivity contribution is 6.32. The van der Waals surface area contributed by atoms with Crippen molar-refractivity contribution in [1.82, 2.24) is 10.2 Å². The van der Waals surface area contributed by atoms with Gasteiger partial charge in [0.1, 0.15) is 17.8 Å². The Kier molecular flexibility index (Phi) is 6.31. The summed E-state index contributed by atoms with van der Waals surface area (Å²) in [7, 11) is 1.49. The van der Waals surface area contributed by atoms with Crippen molar-refractivity contribution in [2.45, 2.75) is 32.2 Å². The number of urea groups is 1. The van der Waals surface area contributed by atoms with Gasteiger partial charge in [0.2, 0.25) is 5.91 Å². The first-order valence-electron chi connectivity index (χ1n) is 9.65. The van der Waals surface area contributed by atoms with Crippen molar-refractivity contribution >= 4 is 35.1 Å². The zero-order valence-electron chi connectivity index (χ0n) is 17.1. The molecule has 0 aliphatic carbocycles. The maximum absolute atomic E-state index is 13.0. The topological polar surface area (TPSA) is 87.7 Å². The van der Waals surface area contributed by atoms with E-state index in [1.165, 1.54) is 13.2 Å². The number of anilines is 1. The second-order valence-corrected chi connectivity index (χ2v) is 7.70. The summed E-state index contributed by atoms with van der Waals surface area (Å²) in [4.78, 5) is 38.8. The van der Waals surface area contributed by atoms with E-state index in [4.69, 9.17) is 16.3 Å². The number of ether oxygens (including phenoxy) is 1. The molecule has 2 aromatic rings. The number of nitrogens with zero attached hydrogens (tertiary/aromatic N) is 1. The number of hydrogen-bond donors (Lipinski definition) is 2. The van der Waals surface area contributed by atoms with E-state index in [2.05, 4.69) is 17.6 Å². The minimum absolute atomic E-state index is 0.337. The molecule has 1 saturated heterocycles. The van der Waals surface area contributed by atoms with E-state index in [1.807, 2.05) is 24.3 Å². The molecule has 8 heteroatoms. The van der Waals surface area contributed by atoms with Gasteiger partial charge in [-0.1, -0.05) is 49.2 Å². The molecule has 0 saturated carbocycles. The van der Waals surface area contributed by atoms with Crippen molar-refractivity contribution in [3.63, 3.8) is 0 Å². The highest BCUT2D eigenvalue weighted by Gasteiger charge is 2.49. The lowest BCUT2D eigenvalue weighted by Crippen LogP contribution is -2.42. The first-order chi connectivity index (χ1) is 14.3. The Morgan fingerprint density at radius 2 is 1.90 bits per heavy atom. The Balaban J connectivity index is 1.71. The van der Waals surface area contributed by atoms with Gasteiger partial charge in [0, 0.05) is 5.69 Å².